The van der Waals surface area contributed by atoms with Crippen LogP contribution in [0, 0.1) is 12.3 Å². The minimum absolute atomic E-state index is 0.0385. The van der Waals surface area contributed by atoms with Crippen LogP contribution in [-0.4, -0.2) is 43.3 Å². The Bertz CT molecular complexity index is 843. The van der Waals surface area contributed by atoms with Gasteiger partial charge in [0.15, 0.2) is 6.29 Å². The maximum Gasteiger partial charge on any atom is 0.250 e. The molecule has 0 aliphatic carbocycles. The van der Waals surface area contributed by atoms with Crippen molar-refractivity contribution in [3.8, 4) is 0 Å². The predicted octanol–water partition coefficient (Wildman–Crippen LogP) is 1.32. The summed E-state index contributed by atoms with van der Waals surface area (Å²) in [7, 11) is -3.13. The summed E-state index contributed by atoms with van der Waals surface area (Å²) in [5, 5.41) is 0. The number of hydrogen-bond acceptors (Lipinski definition) is 6. The SMILES string of the molecule is Cc1ccn(CCC2(C(=O)NOC3CCCCO3)CCS(=O)(=O)CC2)c(=O)c1. The number of carbonyl (C=O) groups excluding carboxylic acids is 1. The number of amides is 1. The van der Waals surface area contributed by atoms with E-state index < -0.39 is 21.5 Å². The number of hydroxylamine groups is 1. The van der Waals surface area contributed by atoms with Gasteiger partial charge in [0.25, 0.3) is 5.56 Å². The van der Waals surface area contributed by atoms with Crippen molar-refractivity contribution in [2.24, 2.45) is 5.41 Å². The number of nitrogens with one attached hydrogen (secondary N) is 1. The van der Waals surface area contributed by atoms with Crippen LogP contribution in [0.4, 0.5) is 0 Å². The molecule has 0 bridgehead atoms. The minimum atomic E-state index is -3.13. The first-order chi connectivity index (χ1) is 13.3. The largest absolute Gasteiger partial charge is 0.350 e. The number of ether oxygens (including phenoxy) is 1. The van der Waals surface area contributed by atoms with Crippen LogP contribution in [0.3, 0.4) is 0 Å². The zero-order valence-corrected chi connectivity index (χ0v) is 17.0. The molecule has 156 valence electrons. The molecular formula is C19H28N2O6S. The number of aryl methyl sites for hydroxylation is 2. The fraction of sp³-hybridized carbons (Fsp3) is 0.684. The Balaban J connectivity index is 1.69. The van der Waals surface area contributed by atoms with Gasteiger partial charge in [0.05, 0.1) is 16.9 Å². The Morgan fingerprint density at radius 1 is 1.36 bits per heavy atom. The number of pyridine rings is 1. The van der Waals surface area contributed by atoms with Crippen LogP contribution in [0.1, 0.15) is 44.1 Å². The molecule has 1 atom stereocenters. The number of nitrogens with zero attached hydrogens (tertiary/aromatic N) is 1. The lowest BCUT2D eigenvalue weighted by Crippen LogP contribution is -2.48. The zero-order chi connectivity index (χ0) is 20.2. The summed E-state index contributed by atoms with van der Waals surface area (Å²) in [6, 6.07) is 3.38. The maximum absolute atomic E-state index is 13.0. The van der Waals surface area contributed by atoms with Crippen LogP contribution >= 0.6 is 0 Å². The quantitative estimate of drug-likeness (QED) is 0.707. The molecule has 0 spiro atoms. The molecule has 0 saturated carbocycles. The fourth-order valence-corrected chi connectivity index (χ4v) is 5.28. The van der Waals surface area contributed by atoms with E-state index in [2.05, 4.69) is 5.48 Å². The molecule has 3 rings (SSSR count). The van der Waals surface area contributed by atoms with E-state index in [1.807, 2.05) is 13.0 Å². The lowest BCUT2D eigenvalue weighted by molar-refractivity contribution is -0.205. The molecule has 2 saturated heterocycles. The molecule has 28 heavy (non-hydrogen) atoms. The van der Waals surface area contributed by atoms with Crippen LogP contribution in [0.5, 0.6) is 0 Å². The van der Waals surface area contributed by atoms with Crippen molar-refractivity contribution < 1.29 is 22.8 Å². The van der Waals surface area contributed by atoms with E-state index in [1.54, 1.807) is 16.8 Å². The molecule has 1 N–H and O–H groups in total. The van der Waals surface area contributed by atoms with Crippen molar-refractivity contribution in [2.75, 3.05) is 18.1 Å². The summed E-state index contributed by atoms with van der Waals surface area (Å²) < 4.78 is 30.8. The van der Waals surface area contributed by atoms with E-state index in [0.717, 1.165) is 18.4 Å². The third-order valence-electron chi connectivity index (χ3n) is 5.67. The highest BCUT2D eigenvalue weighted by Crippen LogP contribution is 2.37. The standard InChI is InChI=1S/C19H28N2O6S/c1-15-5-9-21(16(22)14-15)10-6-19(7-12-28(24,25)13-8-19)18(23)20-27-17-4-2-3-11-26-17/h5,9,14,17H,2-4,6-8,10-13H2,1H3,(H,20,23). The third-order valence-corrected chi connectivity index (χ3v) is 7.32. The summed E-state index contributed by atoms with van der Waals surface area (Å²) in [6.45, 7) is 2.78. The first-order valence-electron chi connectivity index (χ1n) is 9.75. The molecule has 2 aliphatic heterocycles. The van der Waals surface area contributed by atoms with Gasteiger partial charge in [-0.15, -0.1) is 0 Å². The van der Waals surface area contributed by atoms with Crippen molar-refractivity contribution in [3.05, 3.63) is 34.2 Å². The van der Waals surface area contributed by atoms with E-state index in [4.69, 9.17) is 9.57 Å². The third kappa shape index (κ3) is 5.21. The van der Waals surface area contributed by atoms with Crippen LogP contribution in [0.15, 0.2) is 23.1 Å². The van der Waals surface area contributed by atoms with Gasteiger partial charge < -0.3 is 9.30 Å². The van der Waals surface area contributed by atoms with Crippen molar-refractivity contribution in [1.29, 1.82) is 0 Å². The van der Waals surface area contributed by atoms with E-state index >= 15 is 0 Å². The molecule has 9 heteroatoms. The predicted molar refractivity (Wildman–Crippen MR) is 103 cm³/mol. The molecule has 1 aromatic rings. The van der Waals surface area contributed by atoms with Gasteiger partial charge in [-0.2, -0.15) is 0 Å². The van der Waals surface area contributed by atoms with Crippen LogP contribution in [0.2, 0.25) is 0 Å². The number of hydrogen-bond donors (Lipinski definition) is 1. The summed E-state index contributed by atoms with van der Waals surface area (Å²) in [5.74, 6) is -0.413. The lowest BCUT2D eigenvalue weighted by atomic mass is 9.78. The van der Waals surface area contributed by atoms with Crippen molar-refractivity contribution in [1.82, 2.24) is 10.0 Å². The Morgan fingerprint density at radius 3 is 2.75 bits per heavy atom. The van der Waals surface area contributed by atoms with Gasteiger partial charge >= 0.3 is 0 Å². The molecule has 8 nitrogen and oxygen atoms in total. The lowest BCUT2D eigenvalue weighted by Gasteiger charge is -2.36. The molecular weight excluding hydrogens is 384 g/mol. The maximum atomic E-state index is 13.0. The van der Waals surface area contributed by atoms with E-state index in [9.17, 15) is 18.0 Å². The summed E-state index contributed by atoms with van der Waals surface area (Å²) in [4.78, 5) is 30.5. The number of carbonyl (C=O) groups is 1. The molecule has 2 fully saturated rings. The van der Waals surface area contributed by atoms with E-state index in [-0.39, 0.29) is 35.8 Å². The monoisotopic (exact) mass is 412 g/mol. The molecule has 1 aromatic heterocycles. The van der Waals surface area contributed by atoms with Gasteiger partial charge in [-0.3, -0.25) is 9.59 Å². The summed E-state index contributed by atoms with van der Waals surface area (Å²) in [5.41, 5.74) is 2.36. The molecule has 2 aliphatic rings. The normalized spacial score (nSPS) is 23.8. The second-order valence-electron chi connectivity index (χ2n) is 7.76. The molecule has 0 aromatic carbocycles. The summed E-state index contributed by atoms with van der Waals surface area (Å²) in [6.07, 6.45) is 4.69. The van der Waals surface area contributed by atoms with E-state index in [0.29, 0.717) is 26.0 Å². The fourth-order valence-electron chi connectivity index (χ4n) is 3.68. The highest BCUT2D eigenvalue weighted by Gasteiger charge is 2.43. The van der Waals surface area contributed by atoms with Gasteiger partial charge in [0.1, 0.15) is 9.84 Å². The Hall–Kier alpha value is -1.71. The van der Waals surface area contributed by atoms with Gasteiger partial charge in [0, 0.05) is 31.8 Å². The van der Waals surface area contributed by atoms with Crippen LogP contribution in [0.25, 0.3) is 0 Å². The Kier molecular flexibility index (Phi) is 6.57. The second kappa shape index (κ2) is 8.75. The molecule has 3 heterocycles. The van der Waals surface area contributed by atoms with Crippen molar-refractivity contribution in [2.45, 2.75) is 58.3 Å². The average Bonchev–Trinajstić information content (AvgIpc) is 2.67. The average molecular weight is 413 g/mol. The van der Waals surface area contributed by atoms with E-state index in [1.165, 1.54) is 0 Å². The first-order valence-corrected chi connectivity index (χ1v) is 11.6. The van der Waals surface area contributed by atoms with Gasteiger partial charge in [0.2, 0.25) is 5.91 Å². The zero-order valence-electron chi connectivity index (χ0n) is 16.2. The van der Waals surface area contributed by atoms with Crippen molar-refractivity contribution >= 4 is 15.7 Å². The van der Waals surface area contributed by atoms with Gasteiger partial charge in [-0.05, 0) is 50.7 Å². The number of sulfone groups is 1. The van der Waals surface area contributed by atoms with Crippen LogP contribution < -0.4 is 11.0 Å². The highest BCUT2D eigenvalue weighted by atomic mass is 32.2. The molecule has 1 unspecified atom stereocenters. The van der Waals surface area contributed by atoms with Gasteiger partial charge in [-0.25, -0.2) is 18.7 Å². The number of aromatic nitrogens is 1. The minimum Gasteiger partial charge on any atom is -0.350 e. The van der Waals surface area contributed by atoms with Crippen molar-refractivity contribution in [3.63, 3.8) is 0 Å². The molecule has 0 radical (unpaired) electrons. The topological polar surface area (TPSA) is 104 Å². The highest BCUT2D eigenvalue weighted by molar-refractivity contribution is 7.91. The summed E-state index contributed by atoms with van der Waals surface area (Å²) >= 11 is 0. The Labute approximate surface area is 165 Å². The van der Waals surface area contributed by atoms with Gasteiger partial charge in [-0.1, -0.05) is 0 Å². The first kappa shape index (κ1) is 21.0. The Morgan fingerprint density at radius 2 is 2.11 bits per heavy atom. The second-order valence-corrected chi connectivity index (χ2v) is 10.1. The smallest absolute Gasteiger partial charge is 0.250 e. The number of rotatable bonds is 6. The molecule has 1 amide bonds. The van der Waals surface area contributed by atoms with Crippen LogP contribution in [-0.2, 0) is 30.8 Å².